The van der Waals surface area contributed by atoms with Gasteiger partial charge in [0.15, 0.2) is 0 Å². The van der Waals surface area contributed by atoms with Crippen molar-refractivity contribution in [3.05, 3.63) is 64.1 Å². The number of para-hydroxylation sites is 1. The molecule has 0 saturated heterocycles. The summed E-state index contributed by atoms with van der Waals surface area (Å²) in [5.74, 6) is 0.210. The normalized spacial score (nSPS) is 12.4. The second-order valence-corrected chi connectivity index (χ2v) is 5.56. The lowest BCUT2D eigenvalue weighted by Crippen LogP contribution is -2.19. The molecule has 0 heterocycles. The molecule has 0 amide bonds. The van der Waals surface area contributed by atoms with E-state index in [0.717, 1.165) is 10.0 Å². The summed E-state index contributed by atoms with van der Waals surface area (Å²) in [6, 6.07) is 14.7. The van der Waals surface area contributed by atoms with Crippen molar-refractivity contribution in [1.82, 2.24) is 5.32 Å². The fraction of sp³-hybridized carbons (Fsp3) is 0.250. The van der Waals surface area contributed by atoms with E-state index in [1.54, 1.807) is 18.2 Å². The van der Waals surface area contributed by atoms with Gasteiger partial charge >= 0.3 is 6.61 Å². The van der Waals surface area contributed by atoms with Gasteiger partial charge in [-0.25, -0.2) is 0 Å². The van der Waals surface area contributed by atoms with Gasteiger partial charge in [0.25, 0.3) is 0 Å². The van der Waals surface area contributed by atoms with Crippen molar-refractivity contribution >= 4 is 15.9 Å². The van der Waals surface area contributed by atoms with E-state index < -0.39 is 6.61 Å². The minimum atomic E-state index is -2.82. The first-order chi connectivity index (χ1) is 10.1. The van der Waals surface area contributed by atoms with Crippen molar-refractivity contribution in [2.75, 3.05) is 0 Å². The molecular formula is C16H16BrF2NO. The molecule has 0 radical (unpaired) electrons. The van der Waals surface area contributed by atoms with Crippen molar-refractivity contribution in [2.45, 2.75) is 26.1 Å². The van der Waals surface area contributed by atoms with Crippen LogP contribution in [0.3, 0.4) is 0 Å². The molecule has 0 aliphatic heterocycles. The van der Waals surface area contributed by atoms with Gasteiger partial charge in [0.2, 0.25) is 0 Å². The highest BCUT2D eigenvalue weighted by Crippen LogP contribution is 2.26. The minimum absolute atomic E-state index is 0.0982. The second kappa shape index (κ2) is 7.52. The molecule has 2 nitrogen and oxygen atoms in total. The van der Waals surface area contributed by atoms with Crippen molar-refractivity contribution in [2.24, 2.45) is 0 Å². The number of rotatable bonds is 6. The zero-order valence-corrected chi connectivity index (χ0v) is 13.1. The van der Waals surface area contributed by atoms with Crippen molar-refractivity contribution < 1.29 is 13.5 Å². The molecule has 1 atom stereocenters. The largest absolute Gasteiger partial charge is 0.434 e. The number of benzene rings is 2. The summed E-state index contributed by atoms with van der Waals surface area (Å²) in [7, 11) is 0. The Kier molecular flexibility index (Phi) is 5.70. The third-order valence-corrected chi connectivity index (χ3v) is 3.60. The van der Waals surface area contributed by atoms with Crippen molar-refractivity contribution in [3.63, 3.8) is 0 Å². The summed E-state index contributed by atoms with van der Waals surface area (Å²) in [6.45, 7) is -0.252. The molecule has 5 heteroatoms. The summed E-state index contributed by atoms with van der Waals surface area (Å²) in [4.78, 5) is 0. The predicted molar refractivity (Wildman–Crippen MR) is 82.5 cm³/mol. The van der Waals surface area contributed by atoms with E-state index in [4.69, 9.17) is 0 Å². The highest BCUT2D eigenvalue weighted by atomic mass is 79.9. The molecule has 0 bridgehead atoms. The molecule has 0 aliphatic rings. The van der Waals surface area contributed by atoms with Gasteiger partial charge in [-0.3, -0.25) is 0 Å². The Bertz CT molecular complexity index is 592. The maximum absolute atomic E-state index is 12.4. The van der Waals surface area contributed by atoms with Gasteiger partial charge in [-0.2, -0.15) is 8.78 Å². The zero-order chi connectivity index (χ0) is 15.2. The van der Waals surface area contributed by atoms with Crippen LogP contribution in [0.2, 0.25) is 0 Å². The van der Waals surface area contributed by atoms with Crippen LogP contribution in [0.1, 0.15) is 24.1 Å². The fourth-order valence-corrected chi connectivity index (χ4v) is 2.52. The Labute approximate surface area is 131 Å². The van der Waals surface area contributed by atoms with Crippen LogP contribution in [-0.4, -0.2) is 6.61 Å². The van der Waals surface area contributed by atoms with Gasteiger partial charge in [-0.05, 0) is 30.7 Å². The molecule has 1 unspecified atom stereocenters. The summed E-state index contributed by atoms with van der Waals surface area (Å²) < 4.78 is 30.4. The van der Waals surface area contributed by atoms with E-state index in [0.29, 0.717) is 12.1 Å². The van der Waals surface area contributed by atoms with Crippen LogP contribution >= 0.6 is 15.9 Å². The Hall–Kier alpha value is -1.46. The molecule has 2 aromatic rings. The lowest BCUT2D eigenvalue weighted by Gasteiger charge is -2.18. The van der Waals surface area contributed by atoms with Gasteiger partial charge in [-0.1, -0.05) is 46.3 Å². The third kappa shape index (κ3) is 4.79. The fourth-order valence-electron chi connectivity index (χ4n) is 2.07. The van der Waals surface area contributed by atoms with E-state index in [-0.39, 0.29) is 11.8 Å². The van der Waals surface area contributed by atoms with E-state index in [2.05, 4.69) is 26.0 Å². The quantitative estimate of drug-likeness (QED) is 0.795. The van der Waals surface area contributed by atoms with Crippen LogP contribution in [0.15, 0.2) is 53.0 Å². The molecule has 21 heavy (non-hydrogen) atoms. The van der Waals surface area contributed by atoms with Crippen LogP contribution in [0.25, 0.3) is 0 Å². The second-order valence-electron chi connectivity index (χ2n) is 4.65. The average Bonchev–Trinajstić information content (AvgIpc) is 2.45. The molecule has 0 aromatic heterocycles. The molecule has 1 N–H and O–H groups in total. The molecule has 2 aromatic carbocycles. The Morgan fingerprint density at radius 1 is 1.14 bits per heavy atom. The first kappa shape index (κ1) is 15.9. The summed E-state index contributed by atoms with van der Waals surface area (Å²) >= 11 is 3.42. The van der Waals surface area contributed by atoms with E-state index >= 15 is 0 Å². The molecule has 0 saturated carbocycles. The molecule has 0 fully saturated rings. The maximum Gasteiger partial charge on any atom is 0.387 e. The lowest BCUT2D eigenvalue weighted by atomic mass is 10.1. The molecule has 0 spiro atoms. The van der Waals surface area contributed by atoms with Gasteiger partial charge < -0.3 is 10.1 Å². The Balaban J connectivity index is 2.04. The number of hydrogen-bond donors (Lipinski definition) is 1. The molecule has 112 valence electrons. The van der Waals surface area contributed by atoms with Gasteiger partial charge in [0.05, 0.1) is 0 Å². The standard InChI is InChI=1S/C16H16BrF2NO/c1-11(20-10-12-5-4-6-13(17)9-12)14-7-2-3-8-15(14)21-16(18)19/h2-9,11,16,20H,10H2,1H3. The van der Waals surface area contributed by atoms with E-state index in [1.807, 2.05) is 37.3 Å². The molecule has 2 rings (SSSR count). The van der Waals surface area contributed by atoms with Gasteiger partial charge in [0.1, 0.15) is 5.75 Å². The van der Waals surface area contributed by atoms with E-state index in [1.165, 1.54) is 0 Å². The average molecular weight is 356 g/mol. The smallest absolute Gasteiger partial charge is 0.387 e. The van der Waals surface area contributed by atoms with Crippen molar-refractivity contribution in [3.8, 4) is 5.75 Å². The van der Waals surface area contributed by atoms with E-state index in [9.17, 15) is 8.78 Å². The first-order valence-corrected chi connectivity index (χ1v) is 7.37. The van der Waals surface area contributed by atoms with Crippen LogP contribution in [-0.2, 0) is 6.54 Å². The highest BCUT2D eigenvalue weighted by molar-refractivity contribution is 9.10. The Morgan fingerprint density at radius 2 is 1.90 bits per heavy atom. The zero-order valence-electron chi connectivity index (χ0n) is 11.5. The number of nitrogens with one attached hydrogen (secondary N) is 1. The van der Waals surface area contributed by atoms with Crippen molar-refractivity contribution in [1.29, 1.82) is 0 Å². The Morgan fingerprint density at radius 3 is 2.62 bits per heavy atom. The van der Waals surface area contributed by atoms with Gasteiger partial charge in [-0.15, -0.1) is 0 Å². The number of ether oxygens (including phenoxy) is 1. The van der Waals surface area contributed by atoms with Crippen LogP contribution in [0.4, 0.5) is 8.78 Å². The summed E-state index contributed by atoms with van der Waals surface area (Å²) in [5, 5.41) is 3.31. The minimum Gasteiger partial charge on any atom is -0.434 e. The molecular weight excluding hydrogens is 340 g/mol. The SMILES string of the molecule is CC(NCc1cccc(Br)c1)c1ccccc1OC(F)F. The number of alkyl halides is 2. The van der Waals surface area contributed by atoms with Gasteiger partial charge in [0, 0.05) is 22.6 Å². The first-order valence-electron chi connectivity index (χ1n) is 6.58. The monoisotopic (exact) mass is 355 g/mol. The van der Waals surface area contributed by atoms with Crippen LogP contribution < -0.4 is 10.1 Å². The summed E-state index contributed by atoms with van der Waals surface area (Å²) in [6.07, 6.45) is 0. The summed E-state index contributed by atoms with van der Waals surface area (Å²) in [5.41, 5.74) is 1.83. The maximum atomic E-state index is 12.4. The topological polar surface area (TPSA) is 21.3 Å². The highest BCUT2D eigenvalue weighted by Gasteiger charge is 2.14. The van der Waals surface area contributed by atoms with Crippen LogP contribution in [0, 0.1) is 0 Å². The third-order valence-electron chi connectivity index (χ3n) is 3.10. The lowest BCUT2D eigenvalue weighted by molar-refractivity contribution is -0.0506. The predicted octanol–water partition coefficient (Wildman–Crippen LogP) is 4.90. The van der Waals surface area contributed by atoms with Crippen LogP contribution in [0.5, 0.6) is 5.75 Å². The number of halogens is 3. The number of hydrogen-bond acceptors (Lipinski definition) is 2. The molecule has 0 aliphatic carbocycles.